The van der Waals surface area contributed by atoms with Gasteiger partial charge in [-0.3, -0.25) is 0 Å². The summed E-state index contributed by atoms with van der Waals surface area (Å²) in [6.07, 6.45) is 0.820. The van der Waals surface area contributed by atoms with E-state index in [1.54, 1.807) is 0 Å². The lowest BCUT2D eigenvalue weighted by atomic mass is 9.99. The van der Waals surface area contributed by atoms with E-state index in [1.807, 2.05) is 67.6 Å². The molecule has 26 heavy (non-hydrogen) atoms. The highest BCUT2D eigenvalue weighted by atomic mass is 15.3. The van der Waals surface area contributed by atoms with E-state index in [1.165, 1.54) is 11.1 Å². The summed E-state index contributed by atoms with van der Waals surface area (Å²) in [5, 5.41) is 17.2. The Kier molecular flexibility index (Phi) is 4.48. The van der Waals surface area contributed by atoms with Crippen LogP contribution in [-0.2, 0) is 6.42 Å². The summed E-state index contributed by atoms with van der Waals surface area (Å²) < 4.78 is 0. The number of aromatic nitrogens is 4. The van der Waals surface area contributed by atoms with Gasteiger partial charge in [0.25, 0.3) is 0 Å². The topological polar surface area (TPSA) is 51.6 Å². The lowest BCUT2D eigenvalue weighted by molar-refractivity contribution is 0.874. The van der Waals surface area contributed by atoms with E-state index >= 15 is 0 Å². The van der Waals surface area contributed by atoms with E-state index in [4.69, 9.17) is 0 Å². The van der Waals surface area contributed by atoms with Gasteiger partial charge in [-0.15, -0.1) is 20.4 Å². The van der Waals surface area contributed by atoms with Crippen molar-refractivity contribution in [3.05, 3.63) is 95.6 Å². The number of nitrogens with zero attached hydrogens (tertiary/aromatic N) is 4. The molecule has 0 bridgehead atoms. The molecule has 0 aliphatic rings. The Bertz CT molecular complexity index is 994. The molecule has 0 spiro atoms. The molecular weight excluding hydrogens is 320 g/mol. The second-order valence-corrected chi connectivity index (χ2v) is 6.23. The molecule has 0 atom stereocenters. The third-order valence-corrected chi connectivity index (χ3v) is 4.28. The van der Waals surface area contributed by atoms with Crippen molar-refractivity contribution < 1.29 is 0 Å². The molecule has 0 N–H and O–H groups in total. The highest BCUT2D eigenvalue weighted by Crippen LogP contribution is 2.23. The molecule has 126 valence electrons. The van der Waals surface area contributed by atoms with E-state index in [-0.39, 0.29) is 0 Å². The summed E-state index contributed by atoms with van der Waals surface area (Å²) in [6, 6.07) is 26.5. The predicted octanol–water partition coefficient (Wildman–Crippen LogP) is 4.50. The van der Waals surface area contributed by atoms with Crippen LogP contribution in [0.25, 0.3) is 22.8 Å². The van der Waals surface area contributed by atoms with Crippen LogP contribution in [0, 0.1) is 6.92 Å². The van der Waals surface area contributed by atoms with Gasteiger partial charge in [0.15, 0.2) is 0 Å². The van der Waals surface area contributed by atoms with Gasteiger partial charge in [0, 0.05) is 11.1 Å². The molecule has 4 rings (SSSR count). The maximum atomic E-state index is 4.33. The molecule has 1 aromatic heterocycles. The zero-order chi connectivity index (χ0) is 17.8. The van der Waals surface area contributed by atoms with Crippen LogP contribution in [0.2, 0.25) is 0 Å². The molecule has 0 radical (unpaired) electrons. The Balaban J connectivity index is 1.65. The van der Waals surface area contributed by atoms with E-state index in [2.05, 4.69) is 38.6 Å². The second-order valence-electron chi connectivity index (χ2n) is 6.23. The largest absolute Gasteiger partial charge is 0.203 e. The van der Waals surface area contributed by atoms with Gasteiger partial charge in [0.1, 0.15) is 0 Å². The summed E-state index contributed by atoms with van der Waals surface area (Å²) in [5.41, 5.74) is 5.48. The smallest absolute Gasteiger partial charge is 0.126 e. The van der Waals surface area contributed by atoms with E-state index in [9.17, 15) is 0 Å². The van der Waals surface area contributed by atoms with Gasteiger partial charge >= 0.3 is 0 Å². The second kappa shape index (κ2) is 7.23. The summed E-state index contributed by atoms with van der Waals surface area (Å²) >= 11 is 0. The van der Waals surface area contributed by atoms with E-state index in [0.29, 0.717) is 11.6 Å². The fraction of sp³-hybridized carbons (Fsp3) is 0.0909. The fourth-order valence-corrected chi connectivity index (χ4v) is 2.86. The first-order valence-corrected chi connectivity index (χ1v) is 8.56. The van der Waals surface area contributed by atoms with Crippen LogP contribution < -0.4 is 0 Å². The van der Waals surface area contributed by atoms with Crippen LogP contribution >= 0.6 is 0 Å². The van der Waals surface area contributed by atoms with Crippen molar-refractivity contribution in [3.63, 3.8) is 0 Å². The Morgan fingerprint density at radius 3 is 1.96 bits per heavy atom. The molecule has 0 aliphatic carbocycles. The Hall–Kier alpha value is -3.40. The minimum Gasteiger partial charge on any atom is -0.126 e. The van der Waals surface area contributed by atoms with Gasteiger partial charge in [-0.05, 0) is 24.5 Å². The molecule has 0 saturated heterocycles. The van der Waals surface area contributed by atoms with Gasteiger partial charge < -0.3 is 0 Å². The summed E-state index contributed by atoms with van der Waals surface area (Å²) in [5.74, 6) is 1.08. The maximum Gasteiger partial charge on any atom is 0.203 e. The molecule has 0 aliphatic heterocycles. The van der Waals surface area contributed by atoms with E-state index in [0.717, 1.165) is 23.1 Å². The van der Waals surface area contributed by atoms with Crippen LogP contribution in [0.15, 0.2) is 78.9 Å². The molecule has 4 heteroatoms. The third kappa shape index (κ3) is 3.49. The maximum absolute atomic E-state index is 4.33. The van der Waals surface area contributed by atoms with Gasteiger partial charge in [-0.25, -0.2) is 0 Å². The number of benzene rings is 3. The standard InChI is InChI=1S/C22H18N4/c1-16-11-13-18(14-12-16)21-23-25-22(26-24-21)20-10-6-5-9-19(20)15-17-7-3-2-4-8-17/h2-14H,15H2,1H3. The van der Waals surface area contributed by atoms with Crippen molar-refractivity contribution in [2.75, 3.05) is 0 Å². The van der Waals surface area contributed by atoms with Crippen molar-refractivity contribution in [1.82, 2.24) is 20.4 Å². The molecular formula is C22H18N4. The average Bonchev–Trinajstić information content (AvgIpc) is 2.70. The zero-order valence-corrected chi connectivity index (χ0v) is 14.5. The van der Waals surface area contributed by atoms with Crippen molar-refractivity contribution >= 4 is 0 Å². The summed E-state index contributed by atoms with van der Waals surface area (Å²) in [6.45, 7) is 2.05. The highest BCUT2D eigenvalue weighted by molar-refractivity contribution is 5.61. The van der Waals surface area contributed by atoms with Crippen molar-refractivity contribution in [2.24, 2.45) is 0 Å². The van der Waals surface area contributed by atoms with Gasteiger partial charge in [-0.2, -0.15) is 0 Å². The molecule has 0 unspecified atom stereocenters. The summed E-state index contributed by atoms with van der Waals surface area (Å²) in [4.78, 5) is 0. The number of hydrogen-bond donors (Lipinski definition) is 0. The SMILES string of the molecule is Cc1ccc(-c2nnc(-c3ccccc3Cc3ccccc3)nn2)cc1. The molecule has 0 fully saturated rings. The van der Waals surface area contributed by atoms with Gasteiger partial charge in [-0.1, -0.05) is 84.4 Å². The first-order valence-electron chi connectivity index (χ1n) is 8.56. The number of hydrogen-bond acceptors (Lipinski definition) is 4. The van der Waals surface area contributed by atoms with Crippen LogP contribution in [0.5, 0.6) is 0 Å². The van der Waals surface area contributed by atoms with Crippen LogP contribution in [-0.4, -0.2) is 20.4 Å². The average molecular weight is 338 g/mol. The van der Waals surface area contributed by atoms with E-state index < -0.39 is 0 Å². The van der Waals surface area contributed by atoms with Gasteiger partial charge in [0.05, 0.1) is 0 Å². The van der Waals surface area contributed by atoms with Crippen LogP contribution in [0.1, 0.15) is 16.7 Å². The van der Waals surface area contributed by atoms with Crippen molar-refractivity contribution in [1.29, 1.82) is 0 Å². The Morgan fingerprint density at radius 1 is 0.615 bits per heavy atom. The lowest BCUT2D eigenvalue weighted by Gasteiger charge is -2.08. The minimum absolute atomic E-state index is 0.536. The zero-order valence-electron chi connectivity index (χ0n) is 14.5. The molecule has 0 amide bonds. The molecule has 4 nitrogen and oxygen atoms in total. The first-order chi connectivity index (χ1) is 12.8. The Morgan fingerprint density at radius 2 is 1.23 bits per heavy atom. The van der Waals surface area contributed by atoms with Crippen LogP contribution in [0.3, 0.4) is 0 Å². The minimum atomic E-state index is 0.536. The van der Waals surface area contributed by atoms with Crippen molar-refractivity contribution in [2.45, 2.75) is 13.3 Å². The number of rotatable bonds is 4. The molecule has 3 aromatic carbocycles. The quantitative estimate of drug-likeness (QED) is 0.550. The summed E-state index contributed by atoms with van der Waals surface area (Å²) in [7, 11) is 0. The first kappa shape index (κ1) is 16.1. The normalized spacial score (nSPS) is 10.7. The molecule has 0 saturated carbocycles. The number of aryl methyl sites for hydroxylation is 1. The predicted molar refractivity (Wildman–Crippen MR) is 102 cm³/mol. The third-order valence-electron chi connectivity index (χ3n) is 4.28. The fourth-order valence-electron chi connectivity index (χ4n) is 2.86. The van der Waals surface area contributed by atoms with Crippen LogP contribution in [0.4, 0.5) is 0 Å². The van der Waals surface area contributed by atoms with Gasteiger partial charge in [0.2, 0.25) is 11.6 Å². The lowest BCUT2D eigenvalue weighted by Crippen LogP contribution is -2.01. The highest BCUT2D eigenvalue weighted by Gasteiger charge is 2.10. The molecule has 1 heterocycles. The Labute approximate surface area is 152 Å². The van der Waals surface area contributed by atoms with Crippen molar-refractivity contribution in [3.8, 4) is 22.8 Å². The monoisotopic (exact) mass is 338 g/mol. The molecule has 4 aromatic rings.